The number of hydrogen-bond donors (Lipinski definition) is 2. The summed E-state index contributed by atoms with van der Waals surface area (Å²) < 4.78 is 9.31. The summed E-state index contributed by atoms with van der Waals surface area (Å²) in [6.45, 7) is 16.7. The van der Waals surface area contributed by atoms with Crippen LogP contribution in [-0.4, -0.2) is 46.2 Å². The first-order chi connectivity index (χ1) is 12.1. The Hall–Kier alpha value is -3.23. The average Bonchev–Trinajstić information content (AvgIpc) is 2.46. The summed E-state index contributed by atoms with van der Waals surface area (Å²) >= 11 is 0. The Morgan fingerprint density at radius 3 is 1.33 bits per heavy atom. The maximum Gasteiger partial charge on any atom is 0.336 e. The molecule has 0 bridgehead atoms. The molecule has 0 aromatic heterocycles. The van der Waals surface area contributed by atoms with Gasteiger partial charge in [-0.3, -0.25) is 9.59 Å². The van der Waals surface area contributed by atoms with Crippen molar-refractivity contribution in [2.24, 2.45) is 0 Å². The fourth-order valence-corrected chi connectivity index (χ4v) is 0.705. The molecular weight excluding hydrogens is 360 g/mol. The molecule has 2 N–H and O–H groups in total. The normalized spacial score (nSPS) is 9.67. The van der Waals surface area contributed by atoms with Gasteiger partial charge in [-0.05, 0) is 27.7 Å². The van der Waals surface area contributed by atoms with Crippen molar-refractivity contribution >= 4 is 29.7 Å². The number of rotatable bonds is 7. The van der Waals surface area contributed by atoms with Crippen molar-refractivity contribution in [1.82, 2.24) is 0 Å². The lowest BCUT2D eigenvalue weighted by molar-refractivity contribution is -0.181. The molecule has 0 spiro atoms. The number of ketones is 1. The van der Waals surface area contributed by atoms with Crippen LogP contribution in [0.25, 0.3) is 0 Å². The smallest absolute Gasteiger partial charge is 0.336 e. The van der Waals surface area contributed by atoms with Gasteiger partial charge in [-0.25, -0.2) is 14.4 Å². The molecule has 0 aliphatic rings. The second-order valence-electron chi connectivity index (χ2n) is 5.29. The Morgan fingerprint density at radius 2 is 1.11 bits per heavy atom. The summed E-state index contributed by atoms with van der Waals surface area (Å²) in [5.74, 6) is -3.54. The zero-order valence-electron chi connectivity index (χ0n) is 16.2. The molecule has 0 aliphatic heterocycles. The first-order valence-electron chi connectivity index (χ1n) is 7.44. The van der Waals surface area contributed by atoms with E-state index in [1.54, 1.807) is 0 Å². The molecule has 27 heavy (non-hydrogen) atoms. The van der Waals surface area contributed by atoms with Crippen molar-refractivity contribution in [3.05, 3.63) is 36.5 Å². The van der Waals surface area contributed by atoms with Gasteiger partial charge in [0.2, 0.25) is 6.29 Å². The van der Waals surface area contributed by atoms with Crippen LogP contribution < -0.4 is 0 Å². The van der Waals surface area contributed by atoms with Crippen LogP contribution in [0.1, 0.15) is 41.0 Å². The summed E-state index contributed by atoms with van der Waals surface area (Å²) in [4.78, 5) is 51.7. The number of Topliss-reactive ketones (excluding diaryl/α,β-unsaturated/α-hetero) is 1. The second-order valence-corrected chi connectivity index (χ2v) is 5.29. The average molecular weight is 386 g/mol. The highest BCUT2D eigenvalue weighted by Gasteiger charge is 2.15. The van der Waals surface area contributed by atoms with E-state index in [1.807, 2.05) is 0 Å². The molecule has 9 heteroatoms. The standard InChI is InChI=1S/C10H14O5.2C4H6O2/c1-6(2)10(13)15-8(4)14-9(12)5-7(3)11;2*1-3(2)4(5)6/h8H,1,5H2,2-4H3;2*1H2,2H3,(H,5,6). The van der Waals surface area contributed by atoms with E-state index in [1.165, 1.54) is 34.6 Å². The molecule has 1 unspecified atom stereocenters. The van der Waals surface area contributed by atoms with Gasteiger partial charge in [-0.15, -0.1) is 0 Å². The molecule has 0 saturated carbocycles. The van der Waals surface area contributed by atoms with Crippen LogP contribution >= 0.6 is 0 Å². The fraction of sp³-hybridized carbons (Fsp3) is 0.389. The summed E-state index contributed by atoms with van der Waals surface area (Å²) in [6.07, 6.45) is -1.34. The molecule has 0 amide bonds. The van der Waals surface area contributed by atoms with E-state index in [2.05, 4.69) is 29.2 Å². The van der Waals surface area contributed by atoms with Crippen molar-refractivity contribution < 1.29 is 43.7 Å². The van der Waals surface area contributed by atoms with E-state index < -0.39 is 30.2 Å². The fourth-order valence-electron chi connectivity index (χ4n) is 0.705. The number of hydrogen-bond acceptors (Lipinski definition) is 7. The van der Waals surface area contributed by atoms with E-state index in [9.17, 15) is 24.0 Å². The first kappa shape index (κ1) is 28.6. The monoisotopic (exact) mass is 386 g/mol. The van der Waals surface area contributed by atoms with Crippen LogP contribution in [0.3, 0.4) is 0 Å². The van der Waals surface area contributed by atoms with Crippen LogP contribution in [0.4, 0.5) is 0 Å². The molecule has 152 valence electrons. The van der Waals surface area contributed by atoms with Crippen LogP contribution in [0.5, 0.6) is 0 Å². The van der Waals surface area contributed by atoms with Gasteiger partial charge >= 0.3 is 23.9 Å². The zero-order chi connectivity index (χ0) is 22.3. The molecule has 1 atom stereocenters. The van der Waals surface area contributed by atoms with Gasteiger partial charge < -0.3 is 19.7 Å². The molecular formula is C18H26O9. The van der Waals surface area contributed by atoms with E-state index in [0.717, 1.165) is 0 Å². The van der Waals surface area contributed by atoms with E-state index in [-0.39, 0.29) is 28.9 Å². The molecule has 0 saturated heterocycles. The Labute approximate surface area is 158 Å². The van der Waals surface area contributed by atoms with Gasteiger partial charge in [0, 0.05) is 23.6 Å². The molecule has 9 nitrogen and oxygen atoms in total. The minimum absolute atomic E-state index is 0.176. The maximum atomic E-state index is 11.0. The predicted molar refractivity (Wildman–Crippen MR) is 96.7 cm³/mol. The highest BCUT2D eigenvalue weighted by atomic mass is 16.7. The zero-order valence-corrected chi connectivity index (χ0v) is 16.2. The minimum Gasteiger partial charge on any atom is -0.478 e. The predicted octanol–water partition coefficient (Wildman–Crippen LogP) is 2.27. The SMILES string of the molecule is C=C(C)C(=O)O.C=C(C)C(=O)O.C=C(C)C(=O)OC(C)OC(=O)CC(C)=O. The second kappa shape index (κ2) is 15.1. The van der Waals surface area contributed by atoms with Gasteiger partial charge in [0.05, 0.1) is 0 Å². The highest BCUT2D eigenvalue weighted by molar-refractivity contribution is 5.94. The first-order valence-corrected chi connectivity index (χ1v) is 7.44. The van der Waals surface area contributed by atoms with Crippen LogP contribution in [0.15, 0.2) is 36.5 Å². The molecule has 0 aromatic rings. The van der Waals surface area contributed by atoms with E-state index in [4.69, 9.17) is 10.2 Å². The summed E-state index contributed by atoms with van der Waals surface area (Å²) in [5, 5.41) is 15.8. The molecule has 0 radical (unpaired) electrons. The molecule has 0 fully saturated rings. The van der Waals surface area contributed by atoms with Gasteiger partial charge in [-0.2, -0.15) is 0 Å². The Bertz CT molecular complexity index is 566. The number of carboxylic acids is 2. The van der Waals surface area contributed by atoms with Gasteiger partial charge in [-0.1, -0.05) is 19.7 Å². The van der Waals surface area contributed by atoms with Crippen LogP contribution in [0.2, 0.25) is 0 Å². The molecule has 0 aromatic carbocycles. The van der Waals surface area contributed by atoms with Crippen molar-refractivity contribution in [3.63, 3.8) is 0 Å². The summed E-state index contributed by atoms with van der Waals surface area (Å²) in [7, 11) is 0. The van der Waals surface area contributed by atoms with Crippen molar-refractivity contribution in [3.8, 4) is 0 Å². The molecule has 0 heterocycles. The third-order valence-electron chi connectivity index (χ3n) is 2.04. The lowest BCUT2D eigenvalue weighted by atomic mass is 10.3. The lowest BCUT2D eigenvalue weighted by Gasteiger charge is -2.13. The van der Waals surface area contributed by atoms with Gasteiger partial charge in [0.1, 0.15) is 12.2 Å². The molecule has 0 aliphatic carbocycles. The number of carbonyl (C=O) groups excluding carboxylic acids is 3. The van der Waals surface area contributed by atoms with Crippen LogP contribution in [0, 0.1) is 0 Å². The maximum absolute atomic E-state index is 11.0. The number of aliphatic carboxylic acids is 2. The van der Waals surface area contributed by atoms with E-state index in [0.29, 0.717) is 0 Å². The van der Waals surface area contributed by atoms with Gasteiger partial charge in [0.15, 0.2) is 0 Å². The Morgan fingerprint density at radius 1 is 0.778 bits per heavy atom. The van der Waals surface area contributed by atoms with Crippen molar-refractivity contribution in [1.29, 1.82) is 0 Å². The largest absolute Gasteiger partial charge is 0.478 e. The number of ether oxygens (including phenoxy) is 2. The highest BCUT2D eigenvalue weighted by Crippen LogP contribution is 2.01. The number of esters is 2. The van der Waals surface area contributed by atoms with E-state index >= 15 is 0 Å². The van der Waals surface area contributed by atoms with Crippen molar-refractivity contribution in [2.45, 2.75) is 47.3 Å². The Kier molecular flexibility index (Phi) is 15.9. The quantitative estimate of drug-likeness (QED) is 0.291. The van der Waals surface area contributed by atoms with Crippen LogP contribution in [-0.2, 0) is 33.4 Å². The summed E-state index contributed by atoms with van der Waals surface area (Å²) in [5.41, 5.74) is 0.564. The van der Waals surface area contributed by atoms with Crippen molar-refractivity contribution in [2.75, 3.05) is 0 Å². The lowest BCUT2D eigenvalue weighted by Crippen LogP contribution is -2.22. The number of carbonyl (C=O) groups is 5. The molecule has 0 rings (SSSR count). The Balaban J connectivity index is -0.000000394. The topological polar surface area (TPSA) is 144 Å². The third-order valence-corrected chi connectivity index (χ3v) is 2.04. The number of carboxylic acid groups (broad SMARTS) is 2. The van der Waals surface area contributed by atoms with Gasteiger partial charge in [0.25, 0.3) is 0 Å². The summed E-state index contributed by atoms with van der Waals surface area (Å²) in [6, 6.07) is 0. The minimum atomic E-state index is -1.01. The third kappa shape index (κ3) is 22.8.